The maximum absolute atomic E-state index is 13.0. The zero-order valence-electron chi connectivity index (χ0n) is 19.2. The number of carbonyl (C=O) groups is 1. The van der Waals surface area contributed by atoms with E-state index in [0.717, 1.165) is 26.9 Å². The van der Waals surface area contributed by atoms with Crippen LogP contribution in [0.15, 0.2) is 64.8 Å². The summed E-state index contributed by atoms with van der Waals surface area (Å²) in [6, 6.07) is 17.1. The molecule has 2 aromatic heterocycles. The Morgan fingerprint density at radius 1 is 1.09 bits per heavy atom. The van der Waals surface area contributed by atoms with Gasteiger partial charge in [0.05, 0.1) is 37.0 Å². The second kappa shape index (κ2) is 10.2. The first kappa shape index (κ1) is 23.7. The number of nitrogens with one attached hydrogen (secondary N) is 2. The molecule has 0 aliphatic heterocycles. The van der Waals surface area contributed by atoms with E-state index in [1.165, 1.54) is 7.11 Å². The minimum Gasteiger partial charge on any atom is -0.465 e. The van der Waals surface area contributed by atoms with Crippen LogP contribution in [0.4, 0.5) is 5.69 Å². The number of para-hydroxylation sites is 1. The molecule has 6 nitrogen and oxygen atoms in total. The van der Waals surface area contributed by atoms with E-state index >= 15 is 0 Å². The Balaban J connectivity index is 1.68. The number of benzene rings is 2. The van der Waals surface area contributed by atoms with Crippen molar-refractivity contribution in [1.82, 2.24) is 9.88 Å². The summed E-state index contributed by atoms with van der Waals surface area (Å²) in [6.45, 7) is 4.85. The third-order valence-electron chi connectivity index (χ3n) is 5.67. The summed E-state index contributed by atoms with van der Waals surface area (Å²) in [4.78, 5) is 31.3. The van der Waals surface area contributed by atoms with Crippen LogP contribution in [0.5, 0.6) is 0 Å². The van der Waals surface area contributed by atoms with Gasteiger partial charge in [-0.25, -0.2) is 4.79 Å². The van der Waals surface area contributed by atoms with Gasteiger partial charge >= 0.3 is 5.97 Å². The monoisotopic (exact) mass is 491 g/mol. The lowest BCUT2D eigenvalue weighted by Crippen LogP contribution is -2.35. The van der Waals surface area contributed by atoms with Crippen molar-refractivity contribution in [2.24, 2.45) is 0 Å². The van der Waals surface area contributed by atoms with Crippen LogP contribution in [0.3, 0.4) is 0 Å². The van der Waals surface area contributed by atoms with Crippen molar-refractivity contribution in [2.75, 3.05) is 12.4 Å². The molecule has 0 bridgehead atoms. The molecule has 34 heavy (non-hydrogen) atoms. The lowest BCUT2D eigenvalue weighted by molar-refractivity contribution is 0.0602. The summed E-state index contributed by atoms with van der Waals surface area (Å²) in [7, 11) is 1.34. The number of H-pyrrole nitrogens is 1. The number of anilines is 1. The predicted octanol–water partition coefficient (Wildman–Crippen LogP) is 5.39. The number of ether oxygens (including phenoxy) is 1. The van der Waals surface area contributed by atoms with Gasteiger partial charge in [0, 0.05) is 15.8 Å². The molecule has 2 aromatic carbocycles. The van der Waals surface area contributed by atoms with Gasteiger partial charge in [-0.1, -0.05) is 30.3 Å². The molecule has 0 unspecified atom stereocenters. The van der Waals surface area contributed by atoms with Gasteiger partial charge in [-0.05, 0) is 66.8 Å². The van der Waals surface area contributed by atoms with Crippen LogP contribution in [0.25, 0.3) is 10.9 Å². The zero-order valence-corrected chi connectivity index (χ0v) is 20.8. The molecule has 0 aliphatic carbocycles. The summed E-state index contributed by atoms with van der Waals surface area (Å²) in [5.41, 5.74) is 4.38. The zero-order chi connectivity index (χ0) is 24.2. The largest absolute Gasteiger partial charge is 0.465 e. The first-order chi connectivity index (χ1) is 16.4. The lowest BCUT2D eigenvalue weighted by atomic mass is 10.0. The molecule has 8 heteroatoms. The fourth-order valence-corrected chi connectivity index (χ4v) is 4.76. The van der Waals surface area contributed by atoms with Crippen LogP contribution in [0, 0.1) is 13.8 Å². The molecule has 0 amide bonds. The van der Waals surface area contributed by atoms with Crippen molar-refractivity contribution in [2.45, 2.75) is 26.9 Å². The van der Waals surface area contributed by atoms with E-state index in [2.05, 4.69) is 16.4 Å². The van der Waals surface area contributed by atoms with Gasteiger partial charge in [0.1, 0.15) is 0 Å². The molecule has 4 rings (SSSR count). The topological polar surface area (TPSA) is 74.4 Å². The summed E-state index contributed by atoms with van der Waals surface area (Å²) in [5, 5.41) is 6.61. The highest BCUT2D eigenvalue weighted by Crippen LogP contribution is 2.22. The van der Waals surface area contributed by atoms with Gasteiger partial charge in [-0.2, -0.15) is 0 Å². The van der Waals surface area contributed by atoms with E-state index in [0.29, 0.717) is 35.0 Å². The van der Waals surface area contributed by atoms with Gasteiger partial charge in [-0.15, -0.1) is 11.3 Å². The molecule has 0 aliphatic rings. The van der Waals surface area contributed by atoms with Crippen molar-refractivity contribution in [3.8, 4) is 0 Å². The van der Waals surface area contributed by atoms with Gasteiger partial charge in [0.15, 0.2) is 5.11 Å². The van der Waals surface area contributed by atoms with Crippen LogP contribution >= 0.6 is 23.6 Å². The van der Waals surface area contributed by atoms with Crippen LogP contribution in [-0.2, 0) is 17.8 Å². The number of rotatable bonds is 6. The quantitative estimate of drug-likeness (QED) is 0.278. The Morgan fingerprint density at radius 2 is 1.85 bits per heavy atom. The number of aromatic nitrogens is 1. The van der Waals surface area contributed by atoms with Crippen molar-refractivity contribution >= 4 is 51.2 Å². The van der Waals surface area contributed by atoms with Crippen molar-refractivity contribution in [3.05, 3.63) is 97.5 Å². The summed E-state index contributed by atoms with van der Waals surface area (Å²) in [5.74, 6) is -0.451. The third kappa shape index (κ3) is 5.03. The Hall–Kier alpha value is -3.49. The highest BCUT2D eigenvalue weighted by atomic mass is 32.1. The Labute approximate surface area is 207 Å². The molecule has 2 N–H and O–H groups in total. The molecular weight excluding hydrogens is 466 g/mol. The van der Waals surface area contributed by atoms with E-state index in [9.17, 15) is 9.59 Å². The number of methoxy groups -OCH3 is 1. The van der Waals surface area contributed by atoms with Crippen molar-refractivity contribution in [1.29, 1.82) is 0 Å². The SMILES string of the molecule is COC(=O)c1ccccc1NC(=S)N(Cc1cccs1)Cc1cc2c(C)ccc(C)c2[nH]c1=O. The summed E-state index contributed by atoms with van der Waals surface area (Å²) in [6.07, 6.45) is 0. The number of hydrogen-bond donors (Lipinski definition) is 2. The van der Waals surface area contributed by atoms with Crippen LogP contribution in [-0.4, -0.2) is 28.1 Å². The molecule has 174 valence electrons. The normalized spacial score (nSPS) is 10.8. The molecule has 0 fully saturated rings. The Bertz CT molecular complexity index is 1410. The van der Waals surface area contributed by atoms with Crippen LogP contribution < -0.4 is 10.9 Å². The number of hydrogen-bond acceptors (Lipinski definition) is 5. The average Bonchev–Trinajstić information content (AvgIpc) is 3.35. The average molecular weight is 492 g/mol. The number of aromatic amines is 1. The van der Waals surface area contributed by atoms with E-state index in [1.807, 2.05) is 54.5 Å². The number of fused-ring (bicyclic) bond motifs is 1. The molecule has 0 saturated carbocycles. The minimum absolute atomic E-state index is 0.143. The third-order valence-corrected chi connectivity index (χ3v) is 6.89. The molecule has 0 spiro atoms. The summed E-state index contributed by atoms with van der Waals surface area (Å²) < 4.78 is 4.90. The lowest BCUT2D eigenvalue weighted by Gasteiger charge is -2.26. The first-order valence-electron chi connectivity index (χ1n) is 10.7. The molecule has 4 aromatic rings. The maximum atomic E-state index is 13.0. The van der Waals surface area contributed by atoms with Crippen LogP contribution in [0.2, 0.25) is 0 Å². The highest BCUT2D eigenvalue weighted by molar-refractivity contribution is 7.80. The molecule has 0 radical (unpaired) electrons. The molecule has 2 heterocycles. The maximum Gasteiger partial charge on any atom is 0.339 e. The van der Waals surface area contributed by atoms with E-state index in [1.54, 1.807) is 29.5 Å². The number of thiophene rings is 1. The standard InChI is InChI=1S/C26H25N3O3S2/c1-16-10-11-17(2)23-21(16)13-18(24(30)28-23)14-29(15-19-7-6-12-34-19)26(33)27-22-9-5-4-8-20(22)25(31)32-3/h4-13H,14-15H2,1-3H3,(H,27,33)(H,28,30). The summed E-state index contributed by atoms with van der Waals surface area (Å²) >= 11 is 7.37. The van der Waals surface area contributed by atoms with Crippen LogP contribution in [0.1, 0.15) is 31.9 Å². The smallest absolute Gasteiger partial charge is 0.339 e. The Morgan fingerprint density at radius 3 is 2.59 bits per heavy atom. The molecular formula is C26H25N3O3S2. The van der Waals surface area contributed by atoms with Gasteiger partial charge in [0.25, 0.3) is 5.56 Å². The second-order valence-corrected chi connectivity index (χ2v) is 9.43. The highest BCUT2D eigenvalue weighted by Gasteiger charge is 2.18. The first-order valence-corrected chi connectivity index (χ1v) is 12.0. The number of carbonyl (C=O) groups excluding carboxylic acids is 1. The molecule has 0 saturated heterocycles. The van der Waals surface area contributed by atoms with E-state index < -0.39 is 5.97 Å². The number of thiocarbonyl (C=S) groups is 1. The van der Waals surface area contributed by atoms with Gasteiger partial charge < -0.3 is 19.9 Å². The minimum atomic E-state index is -0.451. The predicted molar refractivity (Wildman–Crippen MR) is 142 cm³/mol. The number of nitrogens with zero attached hydrogens (tertiary/aromatic N) is 1. The van der Waals surface area contributed by atoms with E-state index in [4.69, 9.17) is 17.0 Å². The number of aryl methyl sites for hydroxylation is 2. The number of esters is 1. The fourth-order valence-electron chi connectivity index (χ4n) is 3.81. The number of pyridine rings is 1. The van der Waals surface area contributed by atoms with E-state index in [-0.39, 0.29) is 5.56 Å². The van der Waals surface area contributed by atoms with Crippen molar-refractivity contribution < 1.29 is 9.53 Å². The van der Waals surface area contributed by atoms with Gasteiger partial charge in [0.2, 0.25) is 0 Å². The molecule has 0 atom stereocenters. The fraction of sp³-hybridized carbons (Fsp3) is 0.192. The Kier molecular flexibility index (Phi) is 7.09. The second-order valence-electron chi connectivity index (χ2n) is 8.01. The van der Waals surface area contributed by atoms with Gasteiger partial charge in [-0.3, -0.25) is 4.79 Å². The van der Waals surface area contributed by atoms with Crippen molar-refractivity contribution in [3.63, 3.8) is 0 Å².